The van der Waals surface area contributed by atoms with E-state index in [9.17, 15) is 0 Å². The van der Waals surface area contributed by atoms with Crippen LogP contribution in [0.5, 0.6) is 0 Å². The lowest BCUT2D eigenvalue weighted by molar-refractivity contribution is 0.670. The molecule has 0 spiro atoms. The molecule has 180 valence electrons. The predicted octanol–water partition coefficient (Wildman–Crippen LogP) is 9.41. The molecule has 1 aliphatic carbocycles. The first kappa shape index (κ1) is 23.8. The molecule has 1 saturated carbocycles. The van der Waals surface area contributed by atoms with Crippen molar-refractivity contribution in [2.75, 3.05) is 0 Å². The van der Waals surface area contributed by atoms with Crippen molar-refractivity contribution in [3.63, 3.8) is 0 Å². The summed E-state index contributed by atoms with van der Waals surface area (Å²) in [4.78, 5) is 5.09. The van der Waals surface area contributed by atoms with Crippen molar-refractivity contribution in [3.05, 3.63) is 134 Å². The third kappa shape index (κ3) is 4.98. The molecule has 1 heterocycles. The van der Waals surface area contributed by atoms with E-state index in [0.29, 0.717) is 5.92 Å². The predicted molar refractivity (Wildman–Crippen MR) is 153 cm³/mol. The summed E-state index contributed by atoms with van der Waals surface area (Å²) in [5, 5.41) is 1.48. The molecule has 0 saturated heterocycles. The molecule has 0 aliphatic heterocycles. The van der Waals surface area contributed by atoms with Gasteiger partial charge >= 0.3 is 0 Å². The van der Waals surface area contributed by atoms with E-state index in [2.05, 4.69) is 87.2 Å². The van der Waals surface area contributed by atoms with Gasteiger partial charge in [0.05, 0.1) is 11.0 Å². The van der Waals surface area contributed by atoms with E-state index in [-0.39, 0.29) is 5.92 Å². The second-order valence-corrected chi connectivity index (χ2v) is 11.3. The van der Waals surface area contributed by atoms with Crippen LogP contribution < -0.4 is 0 Å². The average molecular weight is 576 g/mol. The number of aromatic nitrogens is 2. The van der Waals surface area contributed by atoms with Gasteiger partial charge < -0.3 is 4.57 Å². The molecule has 0 bridgehead atoms. The maximum atomic E-state index is 6.23. The number of fused-ring (bicyclic) bond motifs is 1. The van der Waals surface area contributed by atoms with Crippen LogP contribution >= 0.6 is 39.1 Å². The first-order chi connectivity index (χ1) is 17.5. The SMILES string of the molecule is Clc1ccc(C(c2ccc(Cl)cc2)c2ccc3nc(C4CC4)n(CCc4ccc(Br)cc4)c3c2)cc1. The van der Waals surface area contributed by atoms with Crippen molar-refractivity contribution in [2.45, 2.75) is 37.6 Å². The van der Waals surface area contributed by atoms with Crippen molar-refractivity contribution in [2.24, 2.45) is 0 Å². The zero-order chi connectivity index (χ0) is 24.6. The van der Waals surface area contributed by atoms with E-state index in [1.54, 1.807) is 0 Å². The summed E-state index contributed by atoms with van der Waals surface area (Å²) in [7, 11) is 0. The number of nitrogens with zero attached hydrogens (tertiary/aromatic N) is 2. The second-order valence-electron chi connectivity index (χ2n) is 9.56. The third-order valence-corrected chi connectivity index (χ3v) is 8.05. The molecule has 0 N–H and O–H groups in total. The minimum absolute atomic E-state index is 0.0723. The van der Waals surface area contributed by atoms with E-state index >= 15 is 0 Å². The van der Waals surface area contributed by atoms with Gasteiger partial charge in [0.25, 0.3) is 0 Å². The van der Waals surface area contributed by atoms with Gasteiger partial charge in [-0.3, -0.25) is 0 Å². The topological polar surface area (TPSA) is 17.8 Å². The van der Waals surface area contributed by atoms with Gasteiger partial charge in [-0.05, 0) is 90.0 Å². The molecule has 6 rings (SSSR count). The van der Waals surface area contributed by atoms with Gasteiger partial charge in [-0.2, -0.15) is 0 Å². The Morgan fingerprint density at radius 2 is 1.36 bits per heavy atom. The normalized spacial score (nSPS) is 13.6. The maximum absolute atomic E-state index is 6.23. The first-order valence-electron chi connectivity index (χ1n) is 12.3. The lowest BCUT2D eigenvalue weighted by atomic mass is 9.85. The highest BCUT2D eigenvalue weighted by atomic mass is 79.9. The number of rotatable bonds is 7. The van der Waals surface area contributed by atoms with Gasteiger partial charge in [0.1, 0.15) is 5.82 Å². The monoisotopic (exact) mass is 574 g/mol. The summed E-state index contributed by atoms with van der Waals surface area (Å²) in [5.74, 6) is 1.88. The molecule has 2 nitrogen and oxygen atoms in total. The lowest BCUT2D eigenvalue weighted by Gasteiger charge is -2.20. The molecular weight excluding hydrogens is 551 g/mol. The summed E-state index contributed by atoms with van der Waals surface area (Å²) in [6.07, 6.45) is 3.43. The van der Waals surface area contributed by atoms with Crippen LogP contribution in [0.3, 0.4) is 0 Å². The molecule has 4 aromatic carbocycles. The third-order valence-electron chi connectivity index (χ3n) is 7.02. The Morgan fingerprint density at radius 3 is 1.94 bits per heavy atom. The van der Waals surface area contributed by atoms with Crippen molar-refractivity contribution in [1.29, 1.82) is 0 Å². The van der Waals surface area contributed by atoms with Crippen molar-refractivity contribution in [1.82, 2.24) is 9.55 Å². The van der Waals surface area contributed by atoms with Gasteiger partial charge in [-0.25, -0.2) is 4.98 Å². The van der Waals surface area contributed by atoms with E-state index < -0.39 is 0 Å². The molecular formula is C31H25BrCl2N2. The molecule has 5 aromatic rings. The Labute approximate surface area is 230 Å². The Kier molecular flexibility index (Phi) is 6.64. The van der Waals surface area contributed by atoms with Gasteiger partial charge in [0, 0.05) is 32.9 Å². The van der Waals surface area contributed by atoms with Crippen molar-refractivity contribution in [3.8, 4) is 0 Å². The summed E-state index contributed by atoms with van der Waals surface area (Å²) < 4.78 is 3.57. The van der Waals surface area contributed by atoms with Crippen LogP contribution in [-0.2, 0) is 13.0 Å². The molecule has 0 unspecified atom stereocenters. The van der Waals surface area contributed by atoms with E-state index in [4.69, 9.17) is 28.2 Å². The number of hydrogen-bond donors (Lipinski definition) is 0. The Balaban J connectivity index is 1.43. The van der Waals surface area contributed by atoms with E-state index in [0.717, 1.165) is 33.0 Å². The number of benzene rings is 4. The zero-order valence-electron chi connectivity index (χ0n) is 19.7. The van der Waals surface area contributed by atoms with Crippen LogP contribution in [0.2, 0.25) is 10.0 Å². The van der Waals surface area contributed by atoms with Crippen LogP contribution in [0, 0.1) is 0 Å². The Bertz CT molecular complexity index is 1460. The van der Waals surface area contributed by atoms with Crippen LogP contribution in [0.15, 0.2) is 95.5 Å². The fraction of sp³-hybridized carbons (Fsp3) is 0.194. The van der Waals surface area contributed by atoms with Crippen molar-refractivity contribution < 1.29 is 0 Å². The number of halogens is 3. The van der Waals surface area contributed by atoms with E-state index in [1.165, 1.54) is 46.4 Å². The smallest absolute Gasteiger partial charge is 0.113 e. The molecule has 36 heavy (non-hydrogen) atoms. The highest BCUT2D eigenvalue weighted by molar-refractivity contribution is 9.10. The number of aryl methyl sites for hydroxylation is 2. The standard InChI is InChI=1S/C31H25BrCl2N2/c32-25-10-1-20(2-11-25)17-18-36-29-19-24(9-16-28(29)35-31(36)23-3-4-23)30(21-5-12-26(33)13-6-21)22-7-14-27(34)15-8-22/h1-2,5-16,19,23,30H,3-4,17-18H2. The van der Waals surface area contributed by atoms with E-state index in [1.807, 2.05) is 24.3 Å². The minimum atomic E-state index is 0.0723. The van der Waals surface area contributed by atoms with Crippen molar-refractivity contribution >= 4 is 50.2 Å². The summed E-state index contributed by atoms with van der Waals surface area (Å²) >= 11 is 16.0. The van der Waals surface area contributed by atoms with Crippen LogP contribution in [0.1, 0.15) is 52.8 Å². The summed E-state index contributed by atoms with van der Waals surface area (Å²) in [6.45, 7) is 0.917. The molecule has 1 aromatic heterocycles. The molecule has 1 fully saturated rings. The second kappa shape index (κ2) is 10.0. The Hall–Kier alpha value is -2.59. The number of imidazole rings is 1. The largest absolute Gasteiger partial charge is 0.327 e. The molecule has 0 radical (unpaired) electrons. The van der Waals surface area contributed by atoms with Crippen LogP contribution in [0.4, 0.5) is 0 Å². The van der Waals surface area contributed by atoms with Crippen LogP contribution in [-0.4, -0.2) is 9.55 Å². The molecule has 1 aliphatic rings. The van der Waals surface area contributed by atoms with Gasteiger partial charge in [0.2, 0.25) is 0 Å². The van der Waals surface area contributed by atoms with Gasteiger partial charge in [-0.15, -0.1) is 0 Å². The number of hydrogen-bond acceptors (Lipinski definition) is 1. The lowest BCUT2D eigenvalue weighted by Crippen LogP contribution is -2.07. The molecule has 0 atom stereocenters. The zero-order valence-corrected chi connectivity index (χ0v) is 22.8. The summed E-state index contributed by atoms with van der Waals surface area (Å²) in [6, 6.07) is 31.7. The van der Waals surface area contributed by atoms with Crippen LogP contribution in [0.25, 0.3) is 11.0 Å². The minimum Gasteiger partial charge on any atom is -0.327 e. The molecule has 0 amide bonds. The fourth-order valence-electron chi connectivity index (χ4n) is 5.01. The highest BCUT2D eigenvalue weighted by Crippen LogP contribution is 2.42. The summed E-state index contributed by atoms with van der Waals surface area (Å²) in [5.41, 5.74) is 7.24. The highest BCUT2D eigenvalue weighted by Gasteiger charge is 2.30. The van der Waals surface area contributed by atoms with Gasteiger partial charge in [0.15, 0.2) is 0 Å². The molecule has 5 heteroatoms. The fourth-order valence-corrected chi connectivity index (χ4v) is 5.52. The average Bonchev–Trinajstić information content (AvgIpc) is 3.67. The van der Waals surface area contributed by atoms with Gasteiger partial charge in [-0.1, -0.05) is 81.6 Å². The Morgan fingerprint density at radius 1 is 0.778 bits per heavy atom. The first-order valence-corrected chi connectivity index (χ1v) is 13.9. The maximum Gasteiger partial charge on any atom is 0.113 e. The quantitative estimate of drug-likeness (QED) is 0.177.